The van der Waals surface area contributed by atoms with Crippen molar-refractivity contribution in [3.05, 3.63) is 28.8 Å². The van der Waals surface area contributed by atoms with Gasteiger partial charge in [0.1, 0.15) is 0 Å². The van der Waals surface area contributed by atoms with Crippen LogP contribution >= 0.6 is 0 Å². The van der Waals surface area contributed by atoms with Crippen LogP contribution in [-0.2, 0) is 9.53 Å². The predicted molar refractivity (Wildman–Crippen MR) is 74.0 cm³/mol. The van der Waals surface area contributed by atoms with E-state index in [2.05, 4.69) is 29.7 Å². The molecule has 1 rings (SSSR count). The highest BCUT2D eigenvalue weighted by Crippen LogP contribution is 2.21. The van der Waals surface area contributed by atoms with Crippen molar-refractivity contribution in [3.8, 4) is 0 Å². The summed E-state index contributed by atoms with van der Waals surface area (Å²) in [5.74, 6) is -0.0267. The number of rotatable bonds is 6. The molecule has 0 atom stereocenters. The Morgan fingerprint density at radius 3 is 2.39 bits per heavy atom. The first-order valence-electron chi connectivity index (χ1n) is 6.12. The van der Waals surface area contributed by atoms with Gasteiger partial charge < -0.3 is 15.4 Å². The molecule has 4 nitrogen and oxygen atoms in total. The van der Waals surface area contributed by atoms with E-state index in [1.807, 2.05) is 13.8 Å². The lowest BCUT2D eigenvalue weighted by Gasteiger charge is -2.13. The van der Waals surface area contributed by atoms with Crippen molar-refractivity contribution in [1.82, 2.24) is 5.32 Å². The Balaban J connectivity index is 2.54. The highest BCUT2D eigenvalue weighted by molar-refractivity contribution is 5.93. The zero-order valence-electron chi connectivity index (χ0n) is 11.6. The van der Waals surface area contributed by atoms with E-state index in [0.29, 0.717) is 19.7 Å². The summed E-state index contributed by atoms with van der Waals surface area (Å²) in [7, 11) is 1.64. The zero-order chi connectivity index (χ0) is 13.5. The van der Waals surface area contributed by atoms with Crippen LogP contribution in [0, 0.1) is 20.8 Å². The second-order valence-corrected chi connectivity index (χ2v) is 4.49. The lowest BCUT2D eigenvalue weighted by Crippen LogP contribution is -2.30. The molecule has 4 heteroatoms. The fraction of sp³-hybridized carbons (Fsp3) is 0.500. The summed E-state index contributed by atoms with van der Waals surface area (Å²) in [6, 6.07) is 4.14. The van der Waals surface area contributed by atoms with E-state index in [1.165, 1.54) is 5.56 Å². The maximum atomic E-state index is 11.8. The average Bonchev–Trinajstić information content (AvgIpc) is 2.29. The van der Waals surface area contributed by atoms with Crippen LogP contribution < -0.4 is 10.6 Å². The summed E-state index contributed by atoms with van der Waals surface area (Å²) in [4.78, 5) is 11.8. The first kappa shape index (κ1) is 14.7. The number of carbonyl (C=O) groups is 1. The molecule has 0 radical (unpaired) electrons. The first-order valence-corrected chi connectivity index (χ1v) is 6.12. The van der Waals surface area contributed by atoms with E-state index in [-0.39, 0.29) is 5.91 Å². The van der Waals surface area contributed by atoms with Gasteiger partial charge in [-0.05, 0) is 31.9 Å². The van der Waals surface area contributed by atoms with Crippen LogP contribution in [0.2, 0.25) is 0 Å². The van der Waals surface area contributed by atoms with Crippen LogP contribution in [0.25, 0.3) is 0 Å². The molecule has 0 heterocycles. The maximum absolute atomic E-state index is 11.8. The van der Waals surface area contributed by atoms with E-state index >= 15 is 0 Å². The van der Waals surface area contributed by atoms with Gasteiger partial charge in [-0.2, -0.15) is 0 Å². The molecular weight excluding hydrogens is 228 g/mol. The van der Waals surface area contributed by atoms with Crippen molar-refractivity contribution >= 4 is 11.6 Å². The SMILES string of the molecule is COCCNCC(=O)Nc1c(C)cc(C)cc1C. The first-order chi connectivity index (χ1) is 8.54. The maximum Gasteiger partial charge on any atom is 0.238 e. The number of hydrogen-bond acceptors (Lipinski definition) is 3. The van der Waals surface area contributed by atoms with Crippen molar-refractivity contribution < 1.29 is 9.53 Å². The Bertz CT molecular complexity index is 393. The number of anilines is 1. The summed E-state index contributed by atoms with van der Waals surface area (Å²) in [5, 5.41) is 5.96. The number of aryl methyl sites for hydroxylation is 3. The number of methoxy groups -OCH3 is 1. The third-order valence-electron chi connectivity index (χ3n) is 2.71. The highest BCUT2D eigenvalue weighted by Gasteiger charge is 2.07. The Morgan fingerprint density at radius 1 is 1.22 bits per heavy atom. The van der Waals surface area contributed by atoms with Gasteiger partial charge in [0, 0.05) is 19.3 Å². The van der Waals surface area contributed by atoms with Crippen molar-refractivity contribution in [2.45, 2.75) is 20.8 Å². The molecule has 18 heavy (non-hydrogen) atoms. The highest BCUT2D eigenvalue weighted by atomic mass is 16.5. The number of benzene rings is 1. The molecule has 0 aliphatic heterocycles. The zero-order valence-corrected chi connectivity index (χ0v) is 11.6. The third-order valence-corrected chi connectivity index (χ3v) is 2.71. The van der Waals surface area contributed by atoms with Crippen molar-refractivity contribution in [2.24, 2.45) is 0 Å². The van der Waals surface area contributed by atoms with Gasteiger partial charge in [-0.25, -0.2) is 0 Å². The minimum atomic E-state index is -0.0267. The van der Waals surface area contributed by atoms with E-state index in [0.717, 1.165) is 16.8 Å². The van der Waals surface area contributed by atoms with Crippen molar-refractivity contribution in [1.29, 1.82) is 0 Å². The summed E-state index contributed by atoms with van der Waals surface area (Å²) in [5.41, 5.74) is 4.32. The van der Waals surface area contributed by atoms with Gasteiger partial charge in [-0.1, -0.05) is 17.7 Å². The monoisotopic (exact) mass is 250 g/mol. The molecule has 0 unspecified atom stereocenters. The molecule has 0 aliphatic rings. The molecule has 1 amide bonds. The molecule has 1 aromatic rings. The molecule has 0 aromatic heterocycles. The quantitative estimate of drug-likeness (QED) is 0.757. The fourth-order valence-corrected chi connectivity index (χ4v) is 1.94. The van der Waals surface area contributed by atoms with E-state index in [1.54, 1.807) is 7.11 Å². The van der Waals surface area contributed by atoms with Gasteiger partial charge in [0.15, 0.2) is 0 Å². The molecule has 0 spiro atoms. The van der Waals surface area contributed by atoms with E-state index in [4.69, 9.17) is 4.74 Å². The molecular formula is C14H22N2O2. The van der Waals surface area contributed by atoms with E-state index < -0.39 is 0 Å². The predicted octanol–water partition coefficient (Wildman–Crippen LogP) is 1.79. The standard InChI is InChI=1S/C14H22N2O2/c1-10-7-11(2)14(12(3)8-10)16-13(17)9-15-5-6-18-4/h7-8,15H,5-6,9H2,1-4H3,(H,16,17). The molecule has 1 aromatic carbocycles. The number of ether oxygens (including phenoxy) is 1. The molecule has 0 fully saturated rings. The summed E-state index contributed by atoms with van der Waals surface area (Å²) >= 11 is 0. The normalized spacial score (nSPS) is 10.4. The lowest BCUT2D eigenvalue weighted by atomic mass is 10.1. The Labute approximate surface area is 109 Å². The van der Waals surface area contributed by atoms with Crippen LogP contribution in [0.3, 0.4) is 0 Å². The Hall–Kier alpha value is -1.39. The molecule has 0 bridgehead atoms. The molecule has 2 N–H and O–H groups in total. The largest absolute Gasteiger partial charge is 0.383 e. The van der Waals surface area contributed by atoms with Crippen LogP contribution in [0.15, 0.2) is 12.1 Å². The van der Waals surface area contributed by atoms with Gasteiger partial charge in [0.05, 0.1) is 13.2 Å². The van der Waals surface area contributed by atoms with Crippen LogP contribution in [-0.4, -0.2) is 32.7 Å². The molecule has 0 saturated heterocycles. The lowest BCUT2D eigenvalue weighted by molar-refractivity contribution is -0.115. The van der Waals surface area contributed by atoms with Gasteiger partial charge in [-0.15, -0.1) is 0 Å². The minimum absolute atomic E-state index is 0.0267. The third kappa shape index (κ3) is 4.47. The van der Waals surface area contributed by atoms with E-state index in [9.17, 15) is 4.79 Å². The Morgan fingerprint density at radius 2 is 1.83 bits per heavy atom. The topological polar surface area (TPSA) is 50.4 Å². The minimum Gasteiger partial charge on any atom is -0.383 e. The number of amides is 1. The van der Waals surface area contributed by atoms with Crippen LogP contribution in [0.1, 0.15) is 16.7 Å². The second kappa shape index (κ2) is 7.13. The van der Waals surface area contributed by atoms with Crippen molar-refractivity contribution in [2.75, 3.05) is 32.1 Å². The number of hydrogen-bond donors (Lipinski definition) is 2. The smallest absolute Gasteiger partial charge is 0.238 e. The Kier molecular flexibility index (Phi) is 5.82. The average molecular weight is 250 g/mol. The fourth-order valence-electron chi connectivity index (χ4n) is 1.94. The van der Waals surface area contributed by atoms with Gasteiger partial charge >= 0.3 is 0 Å². The van der Waals surface area contributed by atoms with Crippen LogP contribution in [0.5, 0.6) is 0 Å². The molecule has 0 saturated carbocycles. The molecule has 0 aliphatic carbocycles. The van der Waals surface area contributed by atoms with Gasteiger partial charge in [0.25, 0.3) is 0 Å². The van der Waals surface area contributed by atoms with Gasteiger partial charge in [0.2, 0.25) is 5.91 Å². The number of carbonyl (C=O) groups excluding carboxylic acids is 1. The number of nitrogens with one attached hydrogen (secondary N) is 2. The van der Waals surface area contributed by atoms with Crippen molar-refractivity contribution in [3.63, 3.8) is 0 Å². The van der Waals surface area contributed by atoms with Gasteiger partial charge in [-0.3, -0.25) is 4.79 Å². The van der Waals surface area contributed by atoms with Crippen LogP contribution in [0.4, 0.5) is 5.69 Å². The second-order valence-electron chi connectivity index (χ2n) is 4.49. The summed E-state index contributed by atoms with van der Waals surface area (Å²) < 4.78 is 4.90. The molecule has 100 valence electrons. The summed E-state index contributed by atoms with van der Waals surface area (Å²) in [6.45, 7) is 7.65. The summed E-state index contributed by atoms with van der Waals surface area (Å²) in [6.07, 6.45) is 0.